The molecular formula is C19H15F3N4O3. The van der Waals surface area contributed by atoms with Gasteiger partial charge in [0, 0.05) is 18.3 Å². The van der Waals surface area contributed by atoms with E-state index in [1.165, 1.54) is 30.6 Å². The van der Waals surface area contributed by atoms with Gasteiger partial charge in [-0.05, 0) is 30.3 Å². The number of nitrogens with zero attached hydrogens (tertiary/aromatic N) is 3. The van der Waals surface area contributed by atoms with E-state index in [-0.39, 0.29) is 35.7 Å². The Morgan fingerprint density at radius 1 is 1.17 bits per heavy atom. The third-order valence-electron chi connectivity index (χ3n) is 3.95. The number of pyridine rings is 1. The Morgan fingerprint density at radius 2 is 1.90 bits per heavy atom. The van der Waals surface area contributed by atoms with E-state index in [1.54, 1.807) is 12.1 Å². The topological polar surface area (TPSA) is 97.1 Å². The molecule has 1 aromatic carbocycles. The van der Waals surface area contributed by atoms with Crippen LogP contribution in [0, 0.1) is 0 Å². The van der Waals surface area contributed by atoms with E-state index in [9.17, 15) is 22.8 Å². The number of aliphatic hydroxyl groups excluding tert-OH is 1. The first-order chi connectivity index (χ1) is 13.8. The molecule has 1 amide bonds. The van der Waals surface area contributed by atoms with Crippen LogP contribution in [0.4, 0.5) is 13.2 Å². The highest BCUT2D eigenvalue weighted by Gasteiger charge is 2.30. The van der Waals surface area contributed by atoms with E-state index in [0.29, 0.717) is 0 Å². The van der Waals surface area contributed by atoms with Crippen molar-refractivity contribution in [3.63, 3.8) is 0 Å². The van der Waals surface area contributed by atoms with Crippen LogP contribution < -0.4 is 10.9 Å². The van der Waals surface area contributed by atoms with Crippen LogP contribution in [-0.4, -0.2) is 38.9 Å². The minimum Gasteiger partial charge on any atom is -0.395 e. The summed E-state index contributed by atoms with van der Waals surface area (Å²) in [6.45, 7) is -0.386. The fourth-order valence-electron chi connectivity index (χ4n) is 2.55. The minimum atomic E-state index is -4.49. The van der Waals surface area contributed by atoms with Gasteiger partial charge in [-0.3, -0.25) is 14.6 Å². The number of carbonyl (C=O) groups is 1. The number of hydrogen-bond acceptors (Lipinski definition) is 5. The van der Waals surface area contributed by atoms with Crippen molar-refractivity contribution < 1.29 is 23.1 Å². The lowest BCUT2D eigenvalue weighted by atomic mass is 10.1. The second kappa shape index (κ2) is 8.23. The van der Waals surface area contributed by atoms with E-state index in [2.05, 4.69) is 15.4 Å². The number of nitrogens with one attached hydrogen (secondary N) is 1. The zero-order valence-corrected chi connectivity index (χ0v) is 14.8. The van der Waals surface area contributed by atoms with Gasteiger partial charge in [0.25, 0.3) is 11.5 Å². The molecule has 0 aliphatic heterocycles. The number of amides is 1. The molecule has 0 spiro atoms. The zero-order valence-electron chi connectivity index (χ0n) is 14.8. The van der Waals surface area contributed by atoms with Gasteiger partial charge in [-0.25, -0.2) is 0 Å². The summed E-state index contributed by atoms with van der Waals surface area (Å²) in [4.78, 5) is 29.0. The average molecular weight is 404 g/mol. The summed E-state index contributed by atoms with van der Waals surface area (Å²) in [5.41, 5.74) is -1.15. The standard InChI is InChI=1S/C19H15F3N4O3/c20-19(21,22)13-5-3-12(4-6-13)16-10-15(17(28)24-8-9-27)18(29)26(25-16)14-2-1-7-23-11-14/h1-7,10-11,27H,8-9H2,(H,24,28). The first-order valence-corrected chi connectivity index (χ1v) is 8.42. The zero-order chi connectivity index (χ0) is 21.0. The van der Waals surface area contributed by atoms with Crippen molar-refractivity contribution in [3.8, 4) is 16.9 Å². The predicted octanol–water partition coefficient (Wildman–Crippen LogP) is 2.04. The Morgan fingerprint density at radius 3 is 2.48 bits per heavy atom. The Balaban J connectivity index is 2.14. The second-order valence-electron chi connectivity index (χ2n) is 5.93. The molecule has 0 aliphatic rings. The summed E-state index contributed by atoms with van der Waals surface area (Å²) in [5.74, 6) is -0.739. The van der Waals surface area contributed by atoms with Crippen molar-refractivity contribution in [3.05, 3.63) is 76.3 Å². The summed E-state index contributed by atoms with van der Waals surface area (Å²) in [6.07, 6.45) is -1.64. The van der Waals surface area contributed by atoms with E-state index in [0.717, 1.165) is 16.8 Å². The summed E-state index contributed by atoms with van der Waals surface area (Å²) >= 11 is 0. The number of hydrogen-bond donors (Lipinski definition) is 2. The van der Waals surface area contributed by atoms with Gasteiger partial charge in [0.1, 0.15) is 5.56 Å². The SMILES string of the molecule is O=C(NCCO)c1cc(-c2ccc(C(F)(F)F)cc2)nn(-c2cccnc2)c1=O. The first-order valence-electron chi connectivity index (χ1n) is 8.42. The van der Waals surface area contributed by atoms with Crippen molar-refractivity contribution in [2.75, 3.05) is 13.2 Å². The van der Waals surface area contributed by atoms with Gasteiger partial charge in [-0.15, -0.1) is 0 Å². The predicted molar refractivity (Wildman–Crippen MR) is 97.5 cm³/mol. The van der Waals surface area contributed by atoms with E-state index in [1.807, 2.05) is 0 Å². The van der Waals surface area contributed by atoms with Crippen LogP contribution >= 0.6 is 0 Å². The van der Waals surface area contributed by atoms with E-state index < -0.39 is 23.2 Å². The van der Waals surface area contributed by atoms with Crippen LogP contribution in [0.2, 0.25) is 0 Å². The number of carbonyl (C=O) groups excluding carboxylic acids is 1. The lowest BCUT2D eigenvalue weighted by Gasteiger charge is -2.12. The summed E-state index contributed by atoms with van der Waals surface area (Å²) in [6, 6.07) is 8.51. The van der Waals surface area contributed by atoms with Crippen molar-refractivity contribution in [1.29, 1.82) is 0 Å². The Labute approximate surface area is 162 Å². The normalized spacial score (nSPS) is 11.3. The molecule has 29 heavy (non-hydrogen) atoms. The number of rotatable bonds is 5. The molecule has 0 fully saturated rings. The quantitative estimate of drug-likeness (QED) is 0.678. The van der Waals surface area contributed by atoms with Crippen LogP contribution in [-0.2, 0) is 6.18 Å². The third-order valence-corrected chi connectivity index (χ3v) is 3.95. The number of halogens is 3. The number of alkyl halides is 3. The summed E-state index contributed by atoms with van der Waals surface area (Å²) in [5, 5.41) is 15.4. The maximum Gasteiger partial charge on any atom is 0.416 e. The molecule has 0 radical (unpaired) electrons. The molecule has 0 saturated carbocycles. The van der Waals surface area contributed by atoms with Gasteiger partial charge in [0.05, 0.1) is 29.7 Å². The molecule has 0 atom stereocenters. The summed E-state index contributed by atoms with van der Waals surface area (Å²) < 4.78 is 39.4. The maximum absolute atomic E-state index is 12.8. The van der Waals surface area contributed by atoms with Gasteiger partial charge >= 0.3 is 6.18 Å². The molecule has 0 aliphatic carbocycles. The van der Waals surface area contributed by atoms with Crippen molar-refractivity contribution in [1.82, 2.24) is 20.1 Å². The number of benzene rings is 1. The lowest BCUT2D eigenvalue weighted by molar-refractivity contribution is -0.137. The molecule has 7 nitrogen and oxygen atoms in total. The molecule has 0 bridgehead atoms. The van der Waals surface area contributed by atoms with Gasteiger partial charge in [-0.1, -0.05) is 12.1 Å². The number of aliphatic hydroxyl groups is 1. The molecule has 2 heterocycles. The number of aromatic nitrogens is 3. The van der Waals surface area contributed by atoms with Gasteiger partial charge in [-0.2, -0.15) is 23.0 Å². The smallest absolute Gasteiger partial charge is 0.395 e. The van der Waals surface area contributed by atoms with Crippen molar-refractivity contribution in [2.45, 2.75) is 6.18 Å². The monoisotopic (exact) mass is 404 g/mol. The van der Waals surface area contributed by atoms with Crippen LogP contribution in [0.15, 0.2) is 59.7 Å². The van der Waals surface area contributed by atoms with Crippen LogP contribution in [0.1, 0.15) is 15.9 Å². The van der Waals surface area contributed by atoms with E-state index >= 15 is 0 Å². The molecule has 3 aromatic rings. The average Bonchev–Trinajstić information content (AvgIpc) is 2.72. The van der Waals surface area contributed by atoms with Crippen LogP contribution in [0.25, 0.3) is 16.9 Å². The van der Waals surface area contributed by atoms with Crippen molar-refractivity contribution in [2.24, 2.45) is 0 Å². The van der Waals surface area contributed by atoms with Crippen molar-refractivity contribution >= 4 is 5.91 Å². The van der Waals surface area contributed by atoms with Crippen LogP contribution in [0.3, 0.4) is 0 Å². The van der Waals surface area contributed by atoms with Gasteiger partial charge < -0.3 is 10.4 Å². The minimum absolute atomic E-state index is 0.0664. The Bertz CT molecular complexity index is 1060. The Kier molecular flexibility index (Phi) is 5.74. The molecule has 150 valence electrons. The highest BCUT2D eigenvalue weighted by molar-refractivity contribution is 5.94. The molecule has 10 heteroatoms. The van der Waals surface area contributed by atoms with Gasteiger partial charge in [0.15, 0.2) is 0 Å². The van der Waals surface area contributed by atoms with E-state index in [4.69, 9.17) is 5.11 Å². The maximum atomic E-state index is 12.8. The lowest BCUT2D eigenvalue weighted by Crippen LogP contribution is -2.35. The second-order valence-corrected chi connectivity index (χ2v) is 5.93. The Hall–Kier alpha value is -3.53. The highest BCUT2D eigenvalue weighted by Crippen LogP contribution is 2.30. The van der Waals surface area contributed by atoms with Crippen LogP contribution in [0.5, 0.6) is 0 Å². The largest absolute Gasteiger partial charge is 0.416 e. The summed E-state index contributed by atoms with van der Waals surface area (Å²) in [7, 11) is 0. The van der Waals surface area contributed by atoms with Gasteiger partial charge in [0.2, 0.25) is 0 Å². The molecule has 0 saturated heterocycles. The fraction of sp³-hybridized carbons (Fsp3) is 0.158. The molecule has 0 unspecified atom stereocenters. The molecule has 3 rings (SSSR count). The molecular weight excluding hydrogens is 389 g/mol. The first kappa shape index (κ1) is 20.2. The molecule has 2 N–H and O–H groups in total. The molecule has 2 aromatic heterocycles. The fourth-order valence-corrected chi connectivity index (χ4v) is 2.55. The highest BCUT2D eigenvalue weighted by atomic mass is 19.4. The third kappa shape index (κ3) is 4.49.